The molecule has 0 saturated heterocycles. The van der Waals surface area contributed by atoms with E-state index in [1.54, 1.807) is 30.6 Å². The maximum atomic E-state index is 12.1. The van der Waals surface area contributed by atoms with Gasteiger partial charge in [0.25, 0.3) is 5.91 Å². The number of aromatic nitrogens is 1. The molecule has 0 unspecified atom stereocenters. The third kappa shape index (κ3) is 3.87. The average molecular weight is 324 g/mol. The Bertz CT molecular complexity index is 823. The number of hydrogen-bond donors (Lipinski definition) is 2. The van der Waals surface area contributed by atoms with Gasteiger partial charge in [-0.25, -0.2) is 5.43 Å². The molecule has 23 heavy (non-hydrogen) atoms. The summed E-state index contributed by atoms with van der Waals surface area (Å²) in [5, 5.41) is 4.61. The van der Waals surface area contributed by atoms with Crippen LogP contribution in [-0.2, 0) is 0 Å². The zero-order valence-corrected chi connectivity index (χ0v) is 12.9. The Kier molecular flexibility index (Phi) is 4.54. The first kappa shape index (κ1) is 15.1. The summed E-state index contributed by atoms with van der Waals surface area (Å²) >= 11 is 5.81. The summed E-state index contributed by atoms with van der Waals surface area (Å²) in [6.45, 7) is 0. The number of carbonyl (C=O) groups excluding carboxylic acids is 1. The first-order valence-corrected chi connectivity index (χ1v) is 7.43. The minimum Gasteiger partial charge on any atom is -0.360 e. The molecule has 2 N–H and O–H groups in total. The third-order valence-electron chi connectivity index (χ3n) is 3.28. The van der Waals surface area contributed by atoms with Crippen molar-refractivity contribution in [3.63, 3.8) is 0 Å². The molecular weight excluding hydrogens is 310 g/mol. The number of carbonyl (C=O) groups is 1. The number of benzene rings is 2. The summed E-state index contributed by atoms with van der Waals surface area (Å²) < 4.78 is 0. The topological polar surface area (TPSA) is 57.2 Å². The highest BCUT2D eigenvalue weighted by Crippen LogP contribution is 2.18. The number of hydrazone groups is 1. The molecular formula is C18H14ClN3O. The van der Waals surface area contributed by atoms with Crippen LogP contribution >= 0.6 is 11.6 Å². The molecule has 5 heteroatoms. The molecule has 0 saturated carbocycles. The van der Waals surface area contributed by atoms with Gasteiger partial charge in [-0.05, 0) is 29.3 Å². The molecule has 3 aromatic rings. The van der Waals surface area contributed by atoms with Crippen molar-refractivity contribution in [2.45, 2.75) is 0 Å². The Morgan fingerprint density at radius 1 is 1.09 bits per heavy atom. The fraction of sp³-hybridized carbons (Fsp3) is 0. The van der Waals surface area contributed by atoms with Gasteiger partial charge in [-0.15, -0.1) is 0 Å². The standard InChI is InChI=1S/C18H14ClN3O/c19-16-8-6-13(7-9-16)11-21-22-18(23)15-10-17(20-12-15)14-4-2-1-3-5-14/h1-12,20H,(H,22,23)/b21-11+. The van der Waals surface area contributed by atoms with E-state index >= 15 is 0 Å². The minimum absolute atomic E-state index is 0.270. The van der Waals surface area contributed by atoms with Crippen LogP contribution in [0.15, 0.2) is 72.0 Å². The second kappa shape index (κ2) is 6.94. The Morgan fingerprint density at radius 2 is 1.83 bits per heavy atom. The molecule has 0 aliphatic carbocycles. The molecule has 3 rings (SSSR count). The predicted molar refractivity (Wildman–Crippen MR) is 92.7 cm³/mol. The second-order valence-electron chi connectivity index (χ2n) is 4.92. The number of rotatable bonds is 4. The zero-order valence-electron chi connectivity index (χ0n) is 12.2. The first-order chi connectivity index (χ1) is 11.2. The van der Waals surface area contributed by atoms with Crippen LogP contribution in [0.5, 0.6) is 0 Å². The minimum atomic E-state index is -0.270. The van der Waals surface area contributed by atoms with Gasteiger partial charge in [0.15, 0.2) is 0 Å². The van der Waals surface area contributed by atoms with E-state index in [-0.39, 0.29) is 5.91 Å². The summed E-state index contributed by atoms with van der Waals surface area (Å²) in [4.78, 5) is 15.2. The van der Waals surface area contributed by atoms with Crippen molar-refractivity contribution in [2.24, 2.45) is 5.10 Å². The van der Waals surface area contributed by atoms with Gasteiger partial charge in [-0.2, -0.15) is 5.10 Å². The van der Waals surface area contributed by atoms with Crippen LogP contribution < -0.4 is 5.43 Å². The Hall–Kier alpha value is -2.85. The summed E-state index contributed by atoms with van der Waals surface area (Å²) in [5.41, 5.74) is 5.80. The maximum Gasteiger partial charge on any atom is 0.272 e. The monoisotopic (exact) mass is 323 g/mol. The van der Waals surface area contributed by atoms with Gasteiger partial charge in [0.2, 0.25) is 0 Å². The maximum absolute atomic E-state index is 12.1. The third-order valence-corrected chi connectivity index (χ3v) is 3.53. The fourth-order valence-corrected chi connectivity index (χ4v) is 2.21. The van der Waals surface area contributed by atoms with Crippen LogP contribution in [0.2, 0.25) is 5.02 Å². The van der Waals surface area contributed by atoms with Gasteiger partial charge in [0, 0.05) is 16.9 Å². The van der Waals surface area contributed by atoms with Crippen LogP contribution in [0.3, 0.4) is 0 Å². The van der Waals surface area contributed by atoms with Crippen molar-refractivity contribution < 1.29 is 4.79 Å². The number of halogens is 1. The fourth-order valence-electron chi connectivity index (χ4n) is 2.09. The number of amides is 1. The van der Waals surface area contributed by atoms with Gasteiger partial charge in [-0.3, -0.25) is 4.79 Å². The zero-order chi connectivity index (χ0) is 16.1. The van der Waals surface area contributed by atoms with E-state index in [1.165, 1.54) is 0 Å². The van der Waals surface area contributed by atoms with Crippen molar-refractivity contribution in [1.29, 1.82) is 0 Å². The number of aromatic amines is 1. The smallest absolute Gasteiger partial charge is 0.272 e. The van der Waals surface area contributed by atoms with Gasteiger partial charge < -0.3 is 4.98 Å². The van der Waals surface area contributed by atoms with E-state index in [2.05, 4.69) is 15.5 Å². The quantitative estimate of drug-likeness (QED) is 0.551. The molecule has 0 spiro atoms. The molecule has 2 aromatic carbocycles. The average Bonchev–Trinajstić information content (AvgIpc) is 3.07. The highest BCUT2D eigenvalue weighted by Gasteiger charge is 2.08. The summed E-state index contributed by atoms with van der Waals surface area (Å²) in [5.74, 6) is -0.270. The largest absolute Gasteiger partial charge is 0.360 e. The molecule has 0 atom stereocenters. The van der Waals surface area contributed by atoms with Crippen molar-refractivity contribution in [3.8, 4) is 11.3 Å². The number of nitrogens with zero attached hydrogens (tertiary/aromatic N) is 1. The molecule has 4 nitrogen and oxygen atoms in total. The number of nitrogens with one attached hydrogen (secondary N) is 2. The second-order valence-corrected chi connectivity index (χ2v) is 5.36. The van der Waals surface area contributed by atoms with E-state index in [1.807, 2.05) is 42.5 Å². The molecule has 0 radical (unpaired) electrons. The Morgan fingerprint density at radius 3 is 2.57 bits per heavy atom. The van der Waals surface area contributed by atoms with Crippen LogP contribution in [0.4, 0.5) is 0 Å². The van der Waals surface area contributed by atoms with Gasteiger partial charge in [0.1, 0.15) is 0 Å². The number of hydrogen-bond acceptors (Lipinski definition) is 2. The van der Waals surface area contributed by atoms with Crippen LogP contribution in [0, 0.1) is 0 Å². The van der Waals surface area contributed by atoms with E-state index in [4.69, 9.17) is 11.6 Å². The van der Waals surface area contributed by atoms with Crippen molar-refractivity contribution >= 4 is 23.7 Å². The molecule has 114 valence electrons. The molecule has 0 aliphatic heterocycles. The molecule has 1 aromatic heterocycles. The van der Waals surface area contributed by atoms with Crippen molar-refractivity contribution in [2.75, 3.05) is 0 Å². The van der Waals surface area contributed by atoms with Crippen LogP contribution in [0.1, 0.15) is 15.9 Å². The summed E-state index contributed by atoms with van der Waals surface area (Å²) in [6, 6.07) is 18.8. The summed E-state index contributed by atoms with van der Waals surface area (Å²) in [7, 11) is 0. The van der Waals surface area contributed by atoms with Crippen molar-refractivity contribution in [3.05, 3.63) is 83.0 Å². The van der Waals surface area contributed by atoms with Gasteiger partial charge >= 0.3 is 0 Å². The molecule has 0 fully saturated rings. The van der Waals surface area contributed by atoms with E-state index in [9.17, 15) is 4.79 Å². The molecule has 1 amide bonds. The first-order valence-electron chi connectivity index (χ1n) is 7.05. The molecule has 0 aliphatic rings. The van der Waals surface area contributed by atoms with E-state index in [0.717, 1.165) is 16.8 Å². The van der Waals surface area contributed by atoms with E-state index in [0.29, 0.717) is 10.6 Å². The lowest BCUT2D eigenvalue weighted by Crippen LogP contribution is -2.16. The lowest BCUT2D eigenvalue weighted by atomic mass is 10.1. The van der Waals surface area contributed by atoms with Gasteiger partial charge in [-0.1, -0.05) is 54.1 Å². The Balaban J connectivity index is 1.65. The molecule has 1 heterocycles. The lowest BCUT2D eigenvalue weighted by Gasteiger charge is -1.97. The normalized spacial score (nSPS) is 10.8. The van der Waals surface area contributed by atoms with Crippen LogP contribution in [-0.4, -0.2) is 17.1 Å². The van der Waals surface area contributed by atoms with E-state index < -0.39 is 0 Å². The SMILES string of the molecule is O=C(N/N=C/c1ccc(Cl)cc1)c1c[nH]c(-c2ccccc2)c1. The number of H-pyrrole nitrogens is 1. The molecule has 0 bridgehead atoms. The van der Waals surface area contributed by atoms with Crippen molar-refractivity contribution in [1.82, 2.24) is 10.4 Å². The lowest BCUT2D eigenvalue weighted by molar-refractivity contribution is 0.0955. The van der Waals surface area contributed by atoms with Crippen LogP contribution in [0.25, 0.3) is 11.3 Å². The van der Waals surface area contributed by atoms with Gasteiger partial charge in [0.05, 0.1) is 11.8 Å². The predicted octanol–water partition coefficient (Wildman–Crippen LogP) is 4.10. The highest BCUT2D eigenvalue weighted by atomic mass is 35.5. The highest BCUT2D eigenvalue weighted by molar-refractivity contribution is 6.30. The summed E-state index contributed by atoms with van der Waals surface area (Å²) in [6.07, 6.45) is 3.23. The Labute approximate surface area is 138 Å².